The van der Waals surface area contributed by atoms with Crippen LogP contribution in [0, 0.1) is 0 Å². The van der Waals surface area contributed by atoms with Crippen molar-refractivity contribution in [2.45, 2.75) is 25.6 Å². The molecule has 0 N–H and O–H groups in total. The van der Waals surface area contributed by atoms with E-state index in [-0.39, 0.29) is 5.91 Å². The van der Waals surface area contributed by atoms with Crippen LogP contribution in [0.2, 0.25) is 0 Å². The number of fused-ring (bicyclic) bond motifs is 1. The number of anilines is 1. The summed E-state index contributed by atoms with van der Waals surface area (Å²) in [6, 6.07) is 7.86. The van der Waals surface area contributed by atoms with Gasteiger partial charge in [-0.05, 0) is 30.7 Å². The number of carbonyl (C=O) groups is 1. The van der Waals surface area contributed by atoms with E-state index in [2.05, 4.69) is 14.9 Å². The molecule has 0 spiro atoms. The number of methoxy groups -OCH3 is 1. The van der Waals surface area contributed by atoms with Crippen LogP contribution in [0.3, 0.4) is 0 Å². The summed E-state index contributed by atoms with van der Waals surface area (Å²) in [4.78, 5) is 25.1. The van der Waals surface area contributed by atoms with Crippen LogP contribution < -0.4 is 4.90 Å². The smallest absolute Gasteiger partial charge is 0.254 e. The SMILES string of the molecule is CO[C@H]1CCN(c2ccc(C(=O)N3Cc4cncnc4C3)cc2)C1. The van der Waals surface area contributed by atoms with E-state index in [1.165, 1.54) is 6.33 Å². The molecule has 2 aliphatic rings. The van der Waals surface area contributed by atoms with Crippen molar-refractivity contribution in [2.24, 2.45) is 0 Å². The number of ether oxygens (including phenoxy) is 1. The molecular formula is C18H20N4O2. The molecule has 6 nitrogen and oxygen atoms in total. The molecule has 1 aromatic carbocycles. The van der Waals surface area contributed by atoms with Crippen molar-refractivity contribution in [3.05, 3.63) is 53.6 Å². The lowest BCUT2D eigenvalue weighted by molar-refractivity contribution is 0.0750. The van der Waals surface area contributed by atoms with E-state index in [1.54, 1.807) is 13.3 Å². The van der Waals surface area contributed by atoms with Gasteiger partial charge in [0, 0.05) is 49.8 Å². The van der Waals surface area contributed by atoms with Gasteiger partial charge in [0.15, 0.2) is 0 Å². The van der Waals surface area contributed by atoms with E-state index >= 15 is 0 Å². The number of benzene rings is 1. The molecule has 2 aromatic rings. The van der Waals surface area contributed by atoms with Crippen molar-refractivity contribution in [1.29, 1.82) is 0 Å². The van der Waals surface area contributed by atoms with Gasteiger partial charge in [-0.25, -0.2) is 9.97 Å². The summed E-state index contributed by atoms with van der Waals surface area (Å²) in [7, 11) is 1.76. The van der Waals surface area contributed by atoms with Crippen LogP contribution >= 0.6 is 0 Å². The lowest BCUT2D eigenvalue weighted by Gasteiger charge is -2.19. The lowest BCUT2D eigenvalue weighted by atomic mass is 10.1. The number of rotatable bonds is 3. The first-order valence-electron chi connectivity index (χ1n) is 8.19. The summed E-state index contributed by atoms with van der Waals surface area (Å²) in [6.45, 7) is 3.04. The second kappa shape index (κ2) is 6.20. The third-order valence-electron chi connectivity index (χ3n) is 4.83. The highest BCUT2D eigenvalue weighted by atomic mass is 16.5. The van der Waals surface area contributed by atoms with Crippen LogP contribution in [0.15, 0.2) is 36.8 Å². The van der Waals surface area contributed by atoms with E-state index in [1.807, 2.05) is 29.2 Å². The Morgan fingerprint density at radius 3 is 2.79 bits per heavy atom. The third-order valence-corrected chi connectivity index (χ3v) is 4.83. The number of nitrogens with zero attached hydrogens (tertiary/aromatic N) is 4. The summed E-state index contributed by atoms with van der Waals surface area (Å²) in [5, 5.41) is 0. The minimum absolute atomic E-state index is 0.0377. The molecule has 1 saturated heterocycles. The molecule has 1 aromatic heterocycles. The minimum Gasteiger partial charge on any atom is -0.380 e. The fourth-order valence-corrected chi connectivity index (χ4v) is 3.40. The predicted octanol–water partition coefficient (Wildman–Crippen LogP) is 1.86. The summed E-state index contributed by atoms with van der Waals surface area (Å²) >= 11 is 0. The maximum absolute atomic E-state index is 12.7. The van der Waals surface area contributed by atoms with Crippen LogP contribution in [-0.4, -0.2) is 47.1 Å². The van der Waals surface area contributed by atoms with Crippen molar-refractivity contribution in [3.8, 4) is 0 Å². The fraction of sp³-hybridized carbons (Fsp3) is 0.389. The zero-order valence-corrected chi connectivity index (χ0v) is 13.7. The van der Waals surface area contributed by atoms with E-state index < -0.39 is 0 Å². The summed E-state index contributed by atoms with van der Waals surface area (Å²) < 4.78 is 5.41. The maximum Gasteiger partial charge on any atom is 0.254 e. The number of carbonyl (C=O) groups excluding carboxylic acids is 1. The van der Waals surface area contributed by atoms with Gasteiger partial charge in [0.1, 0.15) is 6.33 Å². The quantitative estimate of drug-likeness (QED) is 0.862. The van der Waals surface area contributed by atoms with Crippen LogP contribution in [0.4, 0.5) is 5.69 Å². The van der Waals surface area contributed by atoms with Crippen LogP contribution in [0.25, 0.3) is 0 Å². The molecule has 1 atom stereocenters. The highest BCUT2D eigenvalue weighted by Crippen LogP contribution is 2.25. The first kappa shape index (κ1) is 15.1. The van der Waals surface area contributed by atoms with Gasteiger partial charge in [0.25, 0.3) is 5.91 Å². The molecule has 3 heterocycles. The van der Waals surface area contributed by atoms with Gasteiger partial charge in [0.2, 0.25) is 0 Å². The van der Waals surface area contributed by atoms with Crippen molar-refractivity contribution < 1.29 is 9.53 Å². The van der Waals surface area contributed by atoms with Crippen molar-refractivity contribution >= 4 is 11.6 Å². The van der Waals surface area contributed by atoms with E-state index in [9.17, 15) is 4.79 Å². The van der Waals surface area contributed by atoms with Gasteiger partial charge < -0.3 is 14.5 Å². The molecular weight excluding hydrogens is 304 g/mol. The topological polar surface area (TPSA) is 58.6 Å². The molecule has 24 heavy (non-hydrogen) atoms. The standard InChI is InChI=1S/C18H20N4O2/c1-24-16-6-7-21(10-16)15-4-2-13(3-5-15)18(23)22-9-14-8-19-12-20-17(14)11-22/h2-5,8,12,16H,6-7,9-11H2,1H3/t16-/m0/s1. The normalized spacial score (nSPS) is 19.6. The number of aromatic nitrogens is 2. The highest BCUT2D eigenvalue weighted by molar-refractivity contribution is 5.94. The fourth-order valence-electron chi connectivity index (χ4n) is 3.40. The molecule has 1 amide bonds. The highest BCUT2D eigenvalue weighted by Gasteiger charge is 2.26. The first-order chi connectivity index (χ1) is 11.7. The average Bonchev–Trinajstić information content (AvgIpc) is 3.28. The van der Waals surface area contributed by atoms with E-state index in [0.717, 1.165) is 36.5 Å². The van der Waals surface area contributed by atoms with E-state index in [0.29, 0.717) is 24.8 Å². The largest absolute Gasteiger partial charge is 0.380 e. The van der Waals surface area contributed by atoms with Crippen LogP contribution in [-0.2, 0) is 17.8 Å². The Bertz CT molecular complexity index is 722. The Hall–Kier alpha value is -2.47. The molecule has 0 radical (unpaired) electrons. The number of amides is 1. The van der Waals surface area contributed by atoms with Crippen molar-refractivity contribution in [1.82, 2.24) is 14.9 Å². The van der Waals surface area contributed by atoms with Crippen LogP contribution in [0.1, 0.15) is 28.0 Å². The molecule has 0 bridgehead atoms. The summed E-state index contributed by atoms with van der Waals surface area (Å²) in [6.07, 6.45) is 4.67. The van der Waals surface area contributed by atoms with Gasteiger partial charge in [-0.3, -0.25) is 4.79 Å². The first-order valence-corrected chi connectivity index (χ1v) is 8.19. The molecule has 1 fully saturated rings. The molecule has 0 aliphatic carbocycles. The lowest BCUT2D eigenvalue weighted by Crippen LogP contribution is -2.25. The monoisotopic (exact) mass is 324 g/mol. The van der Waals surface area contributed by atoms with Gasteiger partial charge >= 0.3 is 0 Å². The Morgan fingerprint density at radius 1 is 1.25 bits per heavy atom. The molecule has 124 valence electrons. The zero-order valence-electron chi connectivity index (χ0n) is 13.7. The second-order valence-corrected chi connectivity index (χ2v) is 6.30. The summed E-state index contributed by atoms with van der Waals surface area (Å²) in [5.41, 5.74) is 3.83. The number of hydrogen-bond donors (Lipinski definition) is 0. The van der Waals surface area contributed by atoms with Gasteiger partial charge in [-0.2, -0.15) is 0 Å². The van der Waals surface area contributed by atoms with E-state index in [4.69, 9.17) is 4.74 Å². The molecule has 0 saturated carbocycles. The van der Waals surface area contributed by atoms with Crippen molar-refractivity contribution in [3.63, 3.8) is 0 Å². The van der Waals surface area contributed by atoms with Crippen molar-refractivity contribution in [2.75, 3.05) is 25.1 Å². The second-order valence-electron chi connectivity index (χ2n) is 6.30. The Kier molecular flexibility index (Phi) is 3.90. The molecule has 4 rings (SSSR count). The van der Waals surface area contributed by atoms with Gasteiger partial charge in [-0.15, -0.1) is 0 Å². The number of hydrogen-bond acceptors (Lipinski definition) is 5. The predicted molar refractivity (Wildman–Crippen MR) is 89.7 cm³/mol. The molecule has 0 unspecified atom stereocenters. The average molecular weight is 324 g/mol. The minimum atomic E-state index is 0.0377. The Morgan fingerprint density at radius 2 is 2.08 bits per heavy atom. The molecule has 2 aliphatic heterocycles. The Balaban J connectivity index is 1.45. The maximum atomic E-state index is 12.7. The van der Waals surface area contributed by atoms with Gasteiger partial charge in [-0.1, -0.05) is 0 Å². The van der Waals surface area contributed by atoms with Gasteiger partial charge in [0.05, 0.1) is 18.3 Å². The third kappa shape index (κ3) is 2.73. The summed E-state index contributed by atoms with van der Waals surface area (Å²) in [5.74, 6) is 0.0377. The Labute approximate surface area is 141 Å². The zero-order chi connectivity index (χ0) is 16.5. The van der Waals surface area contributed by atoms with Crippen LogP contribution in [0.5, 0.6) is 0 Å². The molecule has 6 heteroatoms.